The summed E-state index contributed by atoms with van der Waals surface area (Å²) in [5, 5.41) is 2.98. The van der Waals surface area contributed by atoms with Crippen LogP contribution in [0.2, 0.25) is 0 Å². The molecule has 1 aromatic heterocycles. The summed E-state index contributed by atoms with van der Waals surface area (Å²) < 4.78 is 35.7. The first-order chi connectivity index (χ1) is 11.6. The molecule has 2 aromatic rings. The van der Waals surface area contributed by atoms with Crippen molar-refractivity contribution in [1.82, 2.24) is 18.4 Å². The van der Waals surface area contributed by atoms with Crippen LogP contribution in [-0.4, -0.2) is 46.5 Å². The van der Waals surface area contributed by atoms with Crippen molar-refractivity contribution >= 4 is 38.7 Å². The molecule has 1 aliphatic heterocycles. The lowest BCUT2D eigenvalue weighted by molar-refractivity contribution is -0.126. The molecule has 7 nitrogen and oxygen atoms in total. The van der Waals surface area contributed by atoms with Crippen molar-refractivity contribution in [3.8, 4) is 0 Å². The van der Waals surface area contributed by atoms with Gasteiger partial charge in [0.15, 0.2) is 0 Å². The number of rotatable bonds is 4. The third-order valence-corrected chi connectivity index (χ3v) is 6.98. The van der Waals surface area contributed by atoms with Crippen LogP contribution in [0.1, 0.15) is 25.7 Å². The zero-order valence-electron chi connectivity index (χ0n) is 13.0. The fourth-order valence-corrected chi connectivity index (χ4v) is 5.33. The zero-order valence-corrected chi connectivity index (χ0v) is 14.6. The molecule has 0 radical (unpaired) electrons. The number of fused-ring (bicyclic) bond motifs is 1. The Morgan fingerprint density at radius 3 is 2.88 bits per heavy atom. The Labute approximate surface area is 144 Å². The molecule has 128 valence electrons. The lowest BCUT2D eigenvalue weighted by Crippen LogP contribution is -2.45. The number of amides is 1. The average molecular weight is 366 g/mol. The summed E-state index contributed by atoms with van der Waals surface area (Å²) in [4.78, 5) is 12.5. The van der Waals surface area contributed by atoms with E-state index in [-0.39, 0.29) is 23.3 Å². The summed E-state index contributed by atoms with van der Waals surface area (Å²) in [6.45, 7) is 0.665. The second-order valence-electron chi connectivity index (χ2n) is 6.37. The maximum atomic E-state index is 13.0. The molecule has 4 rings (SSSR count). The molecular weight excluding hydrogens is 348 g/mol. The van der Waals surface area contributed by atoms with Gasteiger partial charge in [-0.15, -0.1) is 0 Å². The first kappa shape index (κ1) is 15.9. The lowest BCUT2D eigenvalue weighted by Gasteiger charge is -2.31. The molecule has 24 heavy (non-hydrogen) atoms. The molecule has 1 aliphatic carbocycles. The lowest BCUT2D eigenvalue weighted by atomic mass is 9.99. The number of aromatic nitrogens is 2. The third-order valence-electron chi connectivity index (χ3n) is 4.55. The minimum atomic E-state index is -3.68. The van der Waals surface area contributed by atoms with Crippen molar-refractivity contribution in [2.45, 2.75) is 36.6 Å². The summed E-state index contributed by atoms with van der Waals surface area (Å²) in [6, 6.07) is 5.28. The number of carbonyl (C=O) groups excluding carboxylic acids is 1. The number of hydrogen-bond donors (Lipinski definition) is 1. The zero-order chi connectivity index (χ0) is 16.7. The van der Waals surface area contributed by atoms with Gasteiger partial charge in [0.2, 0.25) is 15.9 Å². The van der Waals surface area contributed by atoms with Gasteiger partial charge in [-0.25, -0.2) is 8.42 Å². The Bertz CT molecular complexity index is 876. The maximum absolute atomic E-state index is 13.0. The molecule has 2 heterocycles. The van der Waals surface area contributed by atoms with E-state index in [4.69, 9.17) is 0 Å². The van der Waals surface area contributed by atoms with Gasteiger partial charge in [-0.05, 0) is 37.8 Å². The van der Waals surface area contributed by atoms with Crippen molar-refractivity contribution in [2.75, 3.05) is 13.1 Å². The molecule has 9 heteroatoms. The van der Waals surface area contributed by atoms with Gasteiger partial charge in [-0.2, -0.15) is 13.1 Å². The van der Waals surface area contributed by atoms with Crippen LogP contribution in [0.3, 0.4) is 0 Å². The molecule has 0 bridgehead atoms. The van der Waals surface area contributed by atoms with Crippen molar-refractivity contribution < 1.29 is 13.2 Å². The van der Waals surface area contributed by atoms with Crippen LogP contribution in [-0.2, 0) is 14.8 Å². The normalized spacial score (nSPS) is 22.6. The molecule has 1 atom stereocenters. The van der Waals surface area contributed by atoms with E-state index in [1.807, 2.05) is 0 Å². The summed E-state index contributed by atoms with van der Waals surface area (Å²) in [6.07, 6.45) is 3.47. The molecule has 1 amide bonds. The van der Waals surface area contributed by atoms with E-state index in [9.17, 15) is 13.2 Å². The standard InChI is InChI=1S/C15H18N4O3S2/c20-15(16-11-6-7-11)10-3-2-8-19(9-10)24(21,22)13-5-1-4-12-14(13)18-23-17-12/h1,4-5,10-11H,2-3,6-9H2,(H,16,20)/t10-/m0/s1. The fraction of sp³-hybridized carbons (Fsp3) is 0.533. The van der Waals surface area contributed by atoms with Crippen LogP contribution >= 0.6 is 11.7 Å². The highest BCUT2D eigenvalue weighted by Crippen LogP contribution is 2.28. The van der Waals surface area contributed by atoms with Crippen molar-refractivity contribution in [2.24, 2.45) is 5.92 Å². The average Bonchev–Trinajstić information content (AvgIpc) is 3.27. The Hall–Kier alpha value is -1.58. The second kappa shape index (κ2) is 6.05. The Morgan fingerprint density at radius 1 is 1.25 bits per heavy atom. The molecule has 2 aliphatic rings. The maximum Gasteiger partial charge on any atom is 0.245 e. The predicted molar refractivity (Wildman–Crippen MR) is 90.1 cm³/mol. The van der Waals surface area contributed by atoms with Gasteiger partial charge in [-0.3, -0.25) is 4.79 Å². The molecule has 1 N–H and O–H groups in total. The highest BCUT2D eigenvalue weighted by Gasteiger charge is 2.36. The van der Waals surface area contributed by atoms with Gasteiger partial charge in [0.05, 0.1) is 17.6 Å². The number of sulfonamides is 1. The SMILES string of the molecule is O=C(NC1CC1)[C@H]1CCCN(S(=O)(=O)c2cccc3nsnc23)C1. The van der Waals surface area contributed by atoms with Crippen LogP contribution in [0.5, 0.6) is 0 Å². The van der Waals surface area contributed by atoms with E-state index in [1.54, 1.807) is 18.2 Å². The van der Waals surface area contributed by atoms with E-state index in [0.29, 0.717) is 30.0 Å². The van der Waals surface area contributed by atoms with Crippen LogP contribution in [0.4, 0.5) is 0 Å². The minimum Gasteiger partial charge on any atom is -0.353 e. The third kappa shape index (κ3) is 2.91. The van der Waals surface area contributed by atoms with Crippen LogP contribution < -0.4 is 5.32 Å². The molecular formula is C15H18N4O3S2. The first-order valence-electron chi connectivity index (χ1n) is 8.07. The molecule has 1 saturated heterocycles. The quantitative estimate of drug-likeness (QED) is 0.882. The van der Waals surface area contributed by atoms with E-state index in [0.717, 1.165) is 31.0 Å². The highest BCUT2D eigenvalue weighted by molar-refractivity contribution is 7.89. The predicted octanol–water partition coefficient (Wildman–Crippen LogP) is 1.37. The number of piperidine rings is 1. The number of carbonyl (C=O) groups is 1. The fourth-order valence-electron chi connectivity index (χ4n) is 3.05. The van der Waals surface area contributed by atoms with Crippen LogP contribution in [0.25, 0.3) is 11.0 Å². The summed E-state index contributed by atoms with van der Waals surface area (Å²) >= 11 is 1.00. The van der Waals surface area contributed by atoms with Crippen molar-refractivity contribution in [1.29, 1.82) is 0 Å². The number of nitrogens with zero attached hydrogens (tertiary/aromatic N) is 3. The van der Waals surface area contributed by atoms with Gasteiger partial charge in [-0.1, -0.05) is 6.07 Å². The van der Waals surface area contributed by atoms with Gasteiger partial charge in [0, 0.05) is 19.1 Å². The monoisotopic (exact) mass is 366 g/mol. The Morgan fingerprint density at radius 2 is 2.08 bits per heavy atom. The number of nitrogens with one attached hydrogen (secondary N) is 1. The molecule has 0 unspecified atom stereocenters. The molecule has 2 fully saturated rings. The number of hydrogen-bond acceptors (Lipinski definition) is 6. The van der Waals surface area contributed by atoms with Gasteiger partial charge in [0.25, 0.3) is 0 Å². The van der Waals surface area contributed by atoms with Gasteiger partial charge in [0.1, 0.15) is 15.9 Å². The van der Waals surface area contributed by atoms with Crippen LogP contribution in [0.15, 0.2) is 23.1 Å². The van der Waals surface area contributed by atoms with E-state index in [1.165, 1.54) is 4.31 Å². The topological polar surface area (TPSA) is 92.3 Å². The van der Waals surface area contributed by atoms with Crippen LogP contribution in [0, 0.1) is 5.92 Å². The summed E-state index contributed by atoms with van der Waals surface area (Å²) in [5.41, 5.74) is 0.994. The molecule has 1 saturated carbocycles. The van der Waals surface area contributed by atoms with Gasteiger partial charge >= 0.3 is 0 Å². The Kier molecular flexibility index (Phi) is 4.01. The van der Waals surface area contributed by atoms with Crippen molar-refractivity contribution in [3.63, 3.8) is 0 Å². The largest absolute Gasteiger partial charge is 0.353 e. The summed E-state index contributed by atoms with van der Waals surface area (Å²) in [7, 11) is -3.68. The minimum absolute atomic E-state index is 0.0223. The van der Waals surface area contributed by atoms with E-state index >= 15 is 0 Å². The van der Waals surface area contributed by atoms with Crippen molar-refractivity contribution in [3.05, 3.63) is 18.2 Å². The summed E-state index contributed by atoms with van der Waals surface area (Å²) in [5.74, 6) is -0.298. The smallest absolute Gasteiger partial charge is 0.245 e. The van der Waals surface area contributed by atoms with Gasteiger partial charge < -0.3 is 5.32 Å². The Balaban J connectivity index is 1.59. The van der Waals surface area contributed by atoms with E-state index in [2.05, 4.69) is 14.1 Å². The van der Waals surface area contributed by atoms with E-state index < -0.39 is 10.0 Å². The molecule has 0 spiro atoms. The molecule has 1 aromatic carbocycles. The second-order valence-corrected chi connectivity index (χ2v) is 8.81. The number of benzene rings is 1. The highest BCUT2D eigenvalue weighted by atomic mass is 32.2. The first-order valence-corrected chi connectivity index (χ1v) is 10.2.